The van der Waals surface area contributed by atoms with E-state index in [4.69, 9.17) is 4.74 Å². The van der Waals surface area contributed by atoms with Crippen molar-refractivity contribution < 1.29 is 19.2 Å². The zero-order valence-corrected chi connectivity index (χ0v) is 13.5. The molecule has 2 amide bonds. The highest BCUT2D eigenvalue weighted by atomic mass is 16.6. The van der Waals surface area contributed by atoms with Crippen molar-refractivity contribution in [3.63, 3.8) is 0 Å². The quantitative estimate of drug-likeness (QED) is 0.413. The molecular formula is C15H17N5O5. The monoisotopic (exact) mass is 347 g/mol. The summed E-state index contributed by atoms with van der Waals surface area (Å²) in [6.45, 7) is 0.804. The molecular weight excluding hydrogens is 330 g/mol. The van der Waals surface area contributed by atoms with Gasteiger partial charge in [0, 0.05) is 37.5 Å². The molecule has 2 rings (SSSR count). The van der Waals surface area contributed by atoms with E-state index >= 15 is 0 Å². The lowest BCUT2D eigenvalue weighted by Crippen LogP contribution is -2.30. The number of rotatable bonds is 8. The van der Waals surface area contributed by atoms with Crippen LogP contribution in [0.15, 0.2) is 36.7 Å². The Kier molecular flexibility index (Phi) is 6.18. The maximum Gasteiger partial charge on any atom is 0.270 e. The number of anilines is 1. The Morgan fingerprint density at radius 3 is 2.92 bits per heavy atom. The maximum absolute atomic E-state index is 12.1. The molecule has 0 saturated heterocycles. The second-order valence-electron chi connectivity index (χ2n) is 5.03. The van der Waals surface area contributed by atoms with Crippen LogP contribution >= 0.6 is 0 Å². The molecule has 132 valence electrons. The number of nitrogens with zero attached hydrogens (tertiary/aromatic N) is 3. The van der Waals surface area contributed by atoms with Crippen LogP contribution in [-0.4, -0.2) is 46.8 Å². The van der Waals surface area contributed by atoms with Gasteiger partial charge in [0.2, 0.25) is 5.91 Å². The molecule has 10 heteroatoms. The number of amides is 2. The summed E-state index contributed by atoms with van der Waals surface area (Å²) < 4.78 is 6.19. The Bertz CT molecular complexity index is 773. The Morgan fingerprint density at radius 1 is 1.40 bits per heavy atom. The first-order valence-electron chi connectivity index (χ1n) is 7.33. The van der Waals surface area contributed by atoms with Gasteiger partial charge >= 0.3 is 0 Å². The molecule has 1 aromatic heterocycles. The highest BCUT2D eigenvalue weighted by Gasteiger charge is 2.13. The molecule has 0 fully saturated rings. The molecule has 0 spiro atoms. The van der Waals surface area contributed by atoms with Crippen molar-refractivity contribution in [1.29, 1.82) is 0 Å². The molecule has 0 aliphatic heterocycles. The van der Waals surface area contributed by atoms with Gasteiger partial charge in [0.25, 0.3) is 11.6 Å². The van der Waals surface area contributed by atoms with Crippen molar-refractivity contribution in [2.45, 2.75) is 6.54 Å². The molecule has 25 heavy (non-hydrogen) atoms. The Balaban J connectivity index is 1.94. The van der Waals surface area contributed by atoms with Gasteiger partial charge in [-0.1, -0.05) is 6.07 Å². The van der Waals surface area contributed by atoms with Gasteiger partial charge in [0.1, 0.15) is 6.54 Å². The smallest absolute Gasteiger partial charge is 0.270 e. The number of carbonyl (C=O) groups is 2. The molecule has 0 radical (unpaired) electrons. The van der Waals surface area contributed by atoms with Crippen LogP contribution < -0.4 is 10.6 Å². The fourth-order valence-corrected chi connectivity index (χ4v) is 1.97. The van der Waals surface area contributed by atoms with Gasteiger partial charge in [-0.15, -0.1) is 0 Å². The molecule has 10 nitrogen and oxygen atoms in total. The first kappa shape index (κ1) is 18.1. The number of non-ortho nitro benzene ring substituents is 1. The molecule has 0 aliphatic rings. The van der Waals surface area contributed by atoms with Crippen molar-refractivity contribution in [3.05, 3.63) is 52.3 Å². The number of hydrogen-bond acceptors (Lipinski definition) is 6. The molecule has 1 heterocycles. The molecule has 1 aromatic carbocycles. The number of aromatic nitrogens is 2. The number of carbonyl (C=O) groups excluding carboxylic acids is 2. The highest BCUT2D eigenvalue weighted by molar-refractivity contribution is 6.04. The standard InChI is InChI=1S/C15H17N5O5/c1-25-6-5-16-14(21)10-19-9-12(8-17-19)18-15(22)11-3-2-4-13(7-11)20(23)24/h2-4,7-9H,5-6,10H2,1H3,(H,16,21)(H,18,22). The van der Waals surface area contributed by atoms with E-state index in [2.05, 4.69) is 15.7 Å². The first-order valence-corrected chi connectivity index (χ1v) is 7.33. The molecule has 0 aliphatic carbocycles. The van der Waals surface area contributed by atoms with E-state index in [9.17, 15) is 19.7 Å². The lowest BCUT2D eigenvalue weighted by molar-refractivity contribution is -0.384. The van der Waals surface area contributed by atoms with Gasteiger partial charge in [-0.25, -0.2) is 0 Å². The van der Waals surface area contributed by atoms with E-state index in [1.807, 2.05) is 0 Å². The normalized spacial score (nSPS) is 10.3. The van der Waals surface area contributed by atoms with Crippen molar-refractivity contribution in [2.24, 2.45) is 0 Å². The average Bonchev–Trinajstić information content (AvgIpc) is 3.02. The molecule has 2 aromatic rings. The molecule has 0 unspecified atom stereocenters. The summed E-state index contributed by atoms with van der Waals surface area (Å²) in [6, 6.07) is 5.39. The second-order valence-corrected chi connectivity index (χ2v) is 5.03. The van der Waals surface area contributed by atoms with Crippen LogP contribution in [0.25, 0.3) is 0 Å². The van der Waals surface area contributed by atoms with E-state index in [1.165, 1.54) is 48.5 Å². The summed E-state index contributed by atoms with van der Waals surface area (Å²) >= 11 is 0. The first-order chi connectivity index (χ1) is 12.0. The van der Waals surface area contributed by atoms with Gasteiger partial charge < -0.3 is 15.4 Å². The van der Waals surface area contributed by atoms with Crippen LogP contribution in [0, 0.1) is 10.1 Å². The number of nitro groups is 1. The predicted octanol–water partition coefficient (Wildman–Crippen LogP) is 0.806. The number of methoxy groups -OCH3 is 1. The summed E-state index contributed by atoms with van der Waals surface area (Å²) in [5.41, 5.74) is 0.358. The summed E-state index contributed by atoms with van der Waals surface area (Å²) in [4.78, 5) is 34.0. The predicted molar refractivity (Wildman–Crippen MR) is 88.2 cm³/mol. The Hall–Kier alpha value is -3.27. The summed E-state index contributed by atoms with van der Waals surface area (Å²) in [7, 11) is 1.54. The minimum absolute atomic E-state index is 0.00358. The summed E-state index contributed by atoms with van der Waals surface area (Å²) in [5, 5.41) is 20.0. The van der Waals surface area contributed by atoms with E-state index in [0.717, 1.165) is 0 Å². The third-order valence-electron chi connectivity index (χ3n) is 3.14. The largest absolute Gasteiger partial charge is 0.383 e. The van der Waals surface area contributed by atoms with Crippen LogP contribution in [-0.2, 0) is 16.1 Å². The van der Waals surface area contributed by atoms with Crippen LogP contribution in [0.4, 0.5) is 11.4 Å². The number of ether oxygens (including phenoxy) is 1. The average molecular weight is 347 g/mol. The van der Waals surface area contributed by atoms with E-state index in [1.54, 1.807) is 0 Å². The van der Waals surface area contributed by atoms with Gasteiger partial charge in [0.15, 0.2) is 0 Å². The van der Waals surface area contributed by atoms with Crippen LogP contribution in [0.5, 0.6) is 0 Å². The van der Waals surface area contributed by atoms with Crippen molar-refractivity contribution in [3.8, 4) is 0 Å². The summed E-state index contributed by atoms with van der Waals surface area (Å²) in [6.07, 6.45) is 2.88. The van der Waals surface area contributed by atoms with E-state index in [-0.39, 0.29) is 23.7 Å². The van der Waals surface area contributed by atoms with Crippen LogP contribution in [0.3, 0.4) is 0 Å². The SMILES string of the molecule is COCCNC(=O)Cn1cc(NC(=O)c2cccc([N+](=O)[O-])c2)cn1. The fourth-order valence-electron chi connectivity index (χ4n) is 1.97. The lowest BCUT2D eigenvalue weighted by Gasteiger charge is -2.04. The third kappa shape index (κ3) is 5.39. The second kappa shape index (κ2) is 8.55. The molecule has 2 N–H and O–H groups in total. The van der Waals surface area contributed by atoms with Crippen molar-refractivity contribution in [1.82, 2.24) is 15.1 Å². The van der Waals surface area contributed by atoms with Crippen LogP contribution in [0.2, 0.25) is 0 Å². The number of hydrogen-bond donors (Lipinski definition) is 2. The van der Waals surface area contributed by atoms with Crippen molar-refractivity contribution >= 4 is 23.2 Å². The number of benzene rings is 1. The number of nitrogens with one attached hydrogen (secondary N) is 2. The minimum atomic E-state index is -0.572. The molecule has 0 atom stereocenters. The Morgan fingerprint density at radius 2 is 2.20 bits per heavy atom. The summed E-state index contributed by atoms with van der Waals surface area (Å²) in [5.74, 6) is -0.746. The van der Waals surface area contributed by atoms with Crippen molar-refractivity contribution in [2.75, 3.05) is 25.6 Å². The Labute approximate surface area is 142 Å². The van der Waals surface area contributed by atoms with Gasteiger partial charge in [0.05, 0.1) is 23.4 Å². The maximum atomic E-state index is 12.1. The van der Waals surface area contributed by atoms with Gasteiger partial charge in [-0.2, -0.15) is 5.10 Å². The highest BCUT2D eigenvalue weighted by Crippen LogP contribution is 2.15. The zero-order valence-electron chi connectivity index (χ0n) is 13.5. The van der Waals surface area contributed by atoms with Gasteiger partial charge in [-0.3, -0.25) is 24.4 Å². The van der Waals surface area contributed by atoms with E-state index in [0.29, 0.717) is 18.8 Å². The zero-order chi connectivity index (χ0) is 18.2. The van der Waals surface area contributed by atoms with Crippen LogP contribution in [0.1, 0.15) is 10.4 Å². The lowest BCUT2D eigenvalue weighted by atomic mass is 10.2. The topological polar surface area (TPSA) is 128 Å². The third-order valence-corrected chi connectivity index (χ3v) is 3.14. The minimum Gasteiger partial charge on any atom is -0.383 e. The van der Waals surface area contributed by atoms with Gasteiger partial charge in [-0.05, 0) is 6.07 Å². The fraction of sp³-hybridized carbons (Fsp3) is 0.267. The van der Waals surface area contributed by atoms with E-state index < -0.39 is 10.8 Å². The number of nitro benzene ring substituents is 1. The molecule has 0 bridgehead atoms. The molecule has 0 saturated carbocycles.